The molecular weight excluding hydrogens is 428 g/mol. The molecular formula is C21H23ClN2O5S. The summed E-state index contributed by atoms with van der Waals surface area (Å²) in [6.07, 6.45) is 3.25. The summed E-state index contributed by atoms with van der Waals surface area (Å²) in [5.74, 6) is 0.592. The van der Waals surface area contributed by atoms with Gasteiger partial charge < -0.3 is 14.8 Å². The van der Waals surface area contributed by atoms with E-state index in [9.17, 15) is 13.2 Å². The third-order valence-electron chi connectivity index (χ3n) is 5.21. The van der Waals surface area contributed by atoms with E-state index in [4.69, 9.17) is 21.1 Å². The lowest BCUT2D eigenvalue weighted by Crippen LogP contribution is -2.35. The Balaban J connectivity index is 1.66. The van der Waals surface area contributed by atoms with Gasteiger partial charge in [0.1, 0.15) is 11.8 Å². The van der Waals surface area contributed by atoms with Crippen LogP contribution < -0.4 is 10.1 Å². The van der Waals surface area contributed by atoms with Gasteiger partial charge in [-0.15, -0.1) is 0 Å². The maximum absolute atomic E-state index is 13.1. The second-order valence-electron chi connectivity index (χ2n) is 7.33. The smallest absolute Gasteiger partial charge is 0.328 e. The van der Waals surface area contributed by atoms with Gasteiger partial charge >= 0.3 is 5.97 Å². The first-order valence-corrected chi connectivity index (χ1v) is 11.8. The molecule has 2 aromatic rings. The number of esters is 1. The number of sulfonamides is 1. The Hall–Kier alpha value is -2.29. The fourth-order valence-electron chi connectivity index (χ4n) is 3.57. The zero-order valence-electron chi connectivity index (χ0n) is 16.3. The number of carbonyl (C=O) groups excluding carboxylic acids is 1. The summed E-state index contributed by atoms with van der Waals surface area (Å²) in [4.78, 5) is 12.1. The number of cyclic esters (lactones) is 1. The Bertz CT molecular complexity index is 1020. The van der Waals surface area contributed by atoms with Gasteiger partial charge in [0, 0.05) is 24.5 Å². The highest BCUT2D eigenvalue weighted by atomic mass is 35.5. The SMILES string of the molecule is O=C1OCCC1Nc1cc(S(=O)(=O)N2CCCCC2)ccc1Oc1ccc(Cl)cc1. The highest BCUT2D eigenvalue weighted by molar-refractivity contribution is 7.89. The van der Waals surface area contributed by atoms with Crippen molar-refractivity contribution >= 4 is 33.3 Å². The predicted octanol–water partition coefficient (Wildman–Crippen LogP) is 4.03. The van der Waals surface area contributed by atoms with Crippen LogP contribution in [0.4, 0.5) is 5.69 Å². The molecule has 4 rings (SSSR count). The van der Waals surface area contributed by atoms with E-state index >= 15 is 0 Å². The zero-order chi connectivity index (χ0) is 21.1. The molecule has 0 aromatic heterocycles. The van der Waals surface area contributed by atoms with Gasteiger partial charge in [-0.1, -0.05) is 18.0 Å². The first-order valence-electron chi connectivity index (χ1n) is 9.94. The highest BCUT2D eigenvalue weighted by Gasteiger charge is 2.30. The second kappa shape index (κ2) is 8.83. The number of benzene rings is 2. The van der Waals surface area contributed by atoms with Crippen molar-refractivity contribution in [2.75, 3.05) is 25.0 Å². The number of nitrogens with one attached hydrogen (secondary N) is 1. The van der Waals surface area contributed by atoms with Gasteiger partial charge in [0.25, 0.3) is 0 Å². The monoisotopic (exact) mass is 450 g/mol. The van der Waals surface area contributed by atoms with E-state index in [-0.39, 0.29) is 10.9 Å². The van der Waals surface area contributed by atoms with Gasteiger partial charge in [-0.25, -0.2) is 13.2 Å². The fraction of sp³-hybridized carbons (Fsp3) is 0.381. The molecule has 1 unspecified atom stereocenters. The number of hydrogen-bond acceptors (Lipinski definition) is 6. The quantitative estimate of drug-likeness (QED) is 0.669. The molecule has 2 heterocycles. The Morgan fingerprint density at radius 2 is 1.80 bits per heavy atom. The normalized spacial score (nSPS) is 20.0. The van der Waals surface area contributed by atoms with Crippen LogP contribution in [0.3, 0.4) is 0 Å². The molecule has 0 aliphatic carbocycles. The van der Waals surface area contributed by atoms with Crippen LogP contribution in [0.25, 0.3) is 0 Å². The molecule has 2 aliphatic rings. The molecule has 2 saturated heterocycles. The summed E-state index contributed by atoms with van der Waals surface area (Å²) in [7, 11) is -3.62. The average Bonchev–Trinajstić information content (AvgIpc) is 3.16. The summed E-state index contributed by atoms with van der Waals surface area (Å²) in [6, 6.07) is 11.0. The van der Waals surface area contributed by atoms with Crippen LogP contribution in [0.5, 0.6) is 11.5 Å². The molecule has 2 aromatic carbocycles. The van der Waals surface area contributed by atoms with Crippen LogP contribution in [0, 0.1) is 0 Å². The van der Waals surface area contributed by atoms with E-state index in [2.05, 4.69) is 5.32 Å². The molecule has 30 heavy (non-hydrogen) atoms. The molecule has 2 aliphatic heterocycles. The largest absolute Gasteiger partial charge is 0.464 e. The van der Waals surface area contributed by atoms with Crippen molar-refractivity contribution in [2.24, 2.45) is 0 Å². The number of carbonyl (C=O) groups is 1. The van der Waals surface area contributed by atoms with Crippen LogP contribution in [0.15, 0.2) is 47.4 Å². The predicted molar refractivity (Wildman–Crippen MR) is 114 cm³/mol. The number of hydrogen-bond donors (Lipinski definition) is 1. The molecule has 2 fully saturated rings. The van der Waals surface area contributed by atoms with Crippen LogP contribution in [-0.4, -0.2) is 44.4 Å². The van der Waals surface area contributed by atoms with Crippen molar-refractivity contribution in [3.63, 3.8) is 0 Å². The Labute approximate surface area is 181 Å². The van der Waals surface area contributed by atoms with E-state index in [0.29, 0.717) is 48.3 Å². The summed E-state index contributed by atoms with van der Waals surface area (Å²) in [5.41, 5.74) is 0.423. The third kappa shape index (κ3) is 4.55. The maximum atomic E-state index is 13.1. The second-order valence-corrected chi connectivity index (χ2v) is 9.71. The molecule has 1 N–H and O–H groups in total. The summed E-state index contributed by atoms with van der Waals surface area (Å²) in [6.45, 7) is 1.36. The van der Waals surface area contributed by atoms with Crippen molar-refractivity contribution in [3.05, 3.63) is 47.5 Å². The summed E-state index contributed by atoms with van der Waals surface area (Å²) in [5, 5.41) is 3.68. The van der Waals surface area contributed by atoms with Crippen LogP contribution >= 0.6 is 11.6 Å². The van der Waals surface area contributed by atoms with Gasteiger partial charge in [-0.2, -0.15) is 4.31 Å². The zero-order valence-corrected chi connectivity index (χ0v) is 17.9. The average molecular weight is 451 g/mol. The number of halogens is 1. The molecule has 160 valence electrons. The topological polar surface area (TPSA) is 84.9 Å². The molecule has 0 radical (unpaired) electrons. The van der Waals surface area contributed by atoms with Gasteiger partial charge in [-0.05, 0) is 55.3 Å². The van der Waals surface area contributed by atoms with Crippen molar-refractivity contribution in [1.29, 1.82) is 0 Å². The molecule has 9 heteroatoms. The lowest BCUT2D eigenvalue weighted by Gasteiger charge is -2.26. The molecule has 7 nitrogen and oxygen atoms in total. The minimum atomic E-state index is -3.62. The number of ether oxygens (including phenoxy) is 2. The third-order valence-corrected chi connectivity index (χ3v) is 7.36. The Morgan fingerprint density at radius 3 is 2.47 bits per heavy atom. The summed E-state index contributed by atoms with van der Waals surface area (Å²) >= 11 is 5.93. The van der Waals surface area contributed by atoms with Crippen LogP contribution in [0.2, 0.25) is 5.02 Å². The Morgan fingerprint density at radius 1 is 1.07 bits per heavy atom. The van der Waals surface area contributed by atoms with Gasteiger partial charge in [0.05, 0.1) is 17.2 Å². The van der Waals surface area contributed by atoms with E-state index in [1.807, 2.05) is 0 Å². The number of rotatable bonds is 6. The van der Waals surface area contributed by atoms with E-state index in [0.717, 1.165) is 19.3 Å². The number of nitrogens with zero attached hydrogens (tertiary/aromatic N) is 1. The van der Waals surface area contributed by atoms with E-state index in [1.54, 1.807) is 30.3 Å². The minimum Gasteiger partial charge on any atom is -0.464 e. The van der Waals surface area contributed by atoms with Gasteiger partial charge in [0.2, 0.25) is 10.0 Å². The maximum Gasteiger partial charge on any atom is 0.328 e. The molecule has 0 bridgehead atoms. The van der Waals surface area contributed by atoms with E-state index in [1.165, 1.54) is 16.4 Å². The van der Waals surface area contributed by atoms with Crippen molar-refractivity contribution in [2.45, 2.75) is 36.6 Å². The fourth-order valence-corrected chi connectivity index (χ4v) is 5.24. The van der Waals surface area contributed by atoms with Crippen molar-refractivity contribution in [3.8, 4) is 11.5 Å². The lowest BCUT2D eigenvalue weighted by molar-refractivity contribution is -0.138. The molecule has 0 saturated carbocycles. The number of anilines is 1. The van der Waals surface area contributed by atoms with Crippen molar-refractivity contribution in [1.82, 2.24) is 4.31 Å². The first-order chi connectivity index (χ1) is 14.4. The first kappa shape index (κ1) is 21.0. The standard InChI is InChI=1S/C21H23ClN2O5S/c22-15-4-6-16(7-5-15)29-20-9-8-17(30(26,27)24-11-2-1-3-12-24)14-19(20)23-18-10-13-28-21(18)25/h4-9,14,18,23H,1-3,10-13H2. The van der Waals surface area contributed by atoms with Crippen molar-refractivity contribution < 1.29 is 22.7 Å². The van der Waals surface area contributed by atoms with Gasteiger partial charge in [-0.3, -0.25) is 0 Å². The molecule has 0 spiro atoms. The number of piperidine rings is 1. The minimum absolute atomic E-state index is 0.168. The van der Waals surface area contributed by atoms with E-state index < -0.39 is 16.1 Å². The lowest BCUT2D eigenvalue weighted by atomic mass is 10.2. The molecule has 1 atom stereocenters. The molecule has 0 amide bonds. The summed E-state index contributed by atoms with van der Waals surface area (Å²) < 4.78 is 38.7. The van der Waals surface area contributed by atoms with Crippen LogP contribution in [-0.2, 0) is 19.6 Å². The highest BCUT2D eigenvalue weighted by Crippen LogP contribution is 2.34. The van der Waals surface area contributed by atoms with Crippen LogP contribution in [0.1, 0.15) is 25.7 Å². The van der Waals surface area contributed by atoms with Gasteiger partial charge in [0.15, 0.2) is 5.75 Å². The Kier molecular flexibility index (Phi) is 6.17.